The zero-order valence-electron chi connectivity index (χ0n) is 9.23. The van der Waals surface area contributed by atoms with Gasteiger partial charge in [0.05, 0.1) is 5.75 Å². The maximum atomic E-state index is 5.33. The number of hydrogen-bond donors (Lipinski definition) is 0. The molecule has 0 saturated heterocycles. The van der Waals surface area contributed by atoms with Crippen molar-refractivity contribution >= 4 is 11.8 Å². The van der Waals surface area contributed by atoms with Crippen LogP contribution >= 0.6 is 11.8 Å². The maximum Gasteiger partial charge on any atom is 0.283 e. The molecule has 0 spiro atoms. The van der Waals surface area contributed by atoms with E-state index in [0.29, 0.717) is 24.9 Å². The van der Waals surface area contributed by atoms with Crippen molar-refractivity contribution in [2.24, 2.45) is 0 Å². The lowest BCUT2D eigenvalue weighted by molar-refractivity contribution is -0.155. The second kappa shape index (κ2) is 6.81. The highest BCUT2D eigenvalue weighted by molar-refractivity contribution is 7.97. The van der Waals surface area contributed by atoms with Gasteiger partial charge in [0.2, 0.25) is 6.29 Å². The number of hydrogen-bond acceptors (Lipinski definition) is 6. The van der Waals surface area contributed by atoms with E-state index in [1.54, 1.807) is 11.8 Å². The molecule has 0 saturated carbocycles. The molecular weight excluding hydrogens is 216 g/mol. The maximum absolute atomic E-state index is 5.33. The van der Waals surface area contributed by atoms with Crippen molar-refractivity contribution in [1.29, 1.82) is 0 Å². The second-order valence-corrected chi connectivity index (χ2v) is 3.59. The minimum absolute atomic E-state index is 0.391. The first-order chi connectivity index (χ1) is 7.31. The number of ether oxygens (including phenoxy) is 2. The highest BCUT2D eigenvalue weighted by Gasteiger charge is 2.19. The first-order valence-corrected chi connectivity index (χ1v) is 6.25. The second-order valence-electron chi connectivity index (χ2n) is 2.72. The third-order valence-electron chi connectivity index (χ3n) is 1.59. The summed E-state index contributed by atoms with van der Waals surface area (Å²) in [5.41, 5.74) is 0. The van der Waals surface area contributed by atoms with Gasteiger partial charge in [0.25, 0.3) is 5.89 Å². The molecule has 6 heteroatoms. The quantitative estimate of drug-likeness (QED) is 0.670. The van der Waals surface area contributed by atoms with Gasteiger partial charge in [0, 0.05) is 13.2 Å². The molecule has 0 aliphatic heterocycles. The Morgan fingerprint density at radius 1 is 1.33 bits per heavy atom. The smallest absolute Gasteiger partial charge is 0.283 e. The van der Waals surface area contributed by atoms with E-state index in [1.165, 1.54) is 0 Å². The summed E-state index contributed by atoms with van der Waals surface area (Å²) in [6.07, 6.45) is 1.45. The van der Waals surface area contributed by atoms with Crippen LogP contribution in [0.25, 0.3) is 0 Å². The van der Waals surface area contributed by atoms with E-state index in [0.717, 1.165) is 5.75 Å². The molecule has 5 nitrogen and oxygen atoms in total. The molecule has 0 unspecified atom stereocenters. The Hall–Kier alpha value is -0.590. The summed E-state index contributed by atoms with van der Waals surface area (Å²) >= 11 is 1.64. The molecule has 0 radical (unpaired) electrons. The van der Waals surface area contributed by atoms with E-state index in [1.807, 2.05) is 20.1 Å². The van der Waals surface area contributed by atoms with Crippen molar-refractivity contribution < 1.29 is 14.0 Å². The third kappa shape index (κ3) is 3.81. The number of rotatable bonds is 7. The lowest BCUT2D eigenvalue weighted by atomic mass is 10.6. The Labute approximate surface area is 93.5 Å². The molecule has 0 fully saturated rings. The van der Waals surface area contributed by atoms with Crippen LogP contribution in [0, 0.1) is 0 Å². The minimum Gasteiger partial charge on any atom is -0.345 e. The SMILES string of the molecule is CCOC(OCC)c1nc(CSC)no1. The molecule has 1 rings (SSSR count). The Morgan fingerprint density at radius 2 is 2.00 bits per heavy atom. The van der Waals surface area contributed by atoms with Crippen LogP contribution in [0.15, 0.2) is 4.52 Å². The summed E-state index contributed by atoms with van der Waals surface area (Å²) in [4.78, 5) is 4.19. The van der Waals surface area contributed by atoms with E-state index in [2.05, 4.69) is 10.1 Å². The summed E-state index contributed by atoms with van der Waals surface area (Å²) in [7, 11) is 0. The summed E-state index contributed by atoms with van der Waals surface area (Å²) in [6, 6.07) is 0. The van der Waals surface area contributed by atoms with Crippen molar-refractivity contribution in [3.63, 3.8) is 0 Å². The molecule has 0 amide bonds. The molecule has 86 valence electrons. The first-order valence-electron chi connectivity index (χ1n) is 4.86. The molecule has 1 aromatic heterocycles. The number of nitrogens with zero attached hydrogens (tertiary/aromatic N) is 2. The van der Waals surface area contributed by atoms with E-state index < -0.39 is 6.29 Å². The molecule has 15 heavy (non-hydrogen) atoms. The van der Waals surface area contributed by atoms with Crippen molar-refractivity contribution in [3.8, 4) is 0 Å². The first kappa shape index (κ1) is 12.5. The molecular formula is C9H16N2O3S. The summed E-state index contributed by atoms with van der Waals surface area (Å²) < 4.78 is 15.7. The van der Waals surface area contributed by atoms with Gasteiger partial charge in [-0.2, -0.15) is 16.7 Å². The van der Waals surface area contributed by atoms with E-state index in [4.69, 9.17) is 14.0 Å². The average molecular weight is 232 g/mol. The van der Waals surface area contributed by atoms with Crippen LogP contribution < -0.4 is 0 Å². The zero-order chi connectivity index (χ0) is 11.1. The van der Waals surface area contributed by atoms with Crippen molar-refractivity contribution in [2.75, 3.05) is 19.5 Å². The lowest BCUT2D eigenvalue weighted by Gasteiger charge is -2.11. The highest BCUT2D eigenvalue weighted by atomic mass is 32.2. The summed E-state index contributed by atoms with van der Waals surface area (Å²) in [6.45, 7) is 4.88. The van der Waals surface area contributed by atoms with Gasteiger partial charge in [-0.1, -0.05) is 5.16 Å². The van der Waals surface area contributed by atoms with Crippen LogP contribution in [0.5, 0.6) is 0 Å². The predicted octanol–water partition coefficient (Wildman–Crippen LogP) is 2.00. The van der Waals surface area contributed by atoms with Gasteiger partial charge in [0.1, 0.15) is 0 Å². The monoisotopic (exact) mass is 232 g/mol. The Balaban J connectivity index is 2.63. The van der Waals surface area contributed by atoms with Gasteiger partial charge in [0.15, 0.2) is 5.82 Å². The summed E-state index contributed by atoms with van der Waals surface area (Å²) in [5.74, 6) is 1.79. The average Bonchev–Trinajstić information content (AvgIpc) is 2.67. The third-order valence-corrected chi connectivity index (χ3v) is 2.14. The zero-order valence-corrected chi connectivity index (χ0v) is 10.0. The van der Waals surface area contributed by atoms with Gasteiger partial charge in [-0.05, 0) is 20.1 Å². The normalized spacial score (nSPS) is 11.2. The molecule has 0 aliphatic rings. The fourth-order valence-corrected chi connectivity index (χ4v) is 1.42. The Morgan fingerprint density at radius 3 is 2.53 bits per heavy atom. The molecule has 0 atom stereocenters. The van der Waals surface area contributed by atoms with Gasteiger partial charge < -0.3 is 14.0 Å². The largest absolute Gasteiger partial charge is 0.345 e. The Bertz CT molecular complexity index is 274. The standard InChI is InChI=1S/C9H16N2O3S/c1-4-12-9(13-5-2)8-10-7(6-15-3)11-14-8/h9H,4-6H2,1-3H3. The fraction of sp³-hybridized carbons (Fsp3) is 0.778. The fourth-order valence-electron chi connectivity index (χ4n) is 1.04. The van der Waals surface area contributed by atoms with Gasteiger partial charge >= 0.3 is 0 Å². The van der Waals surface area contributed by atoms with Crippen LogP contribution in [0.3, 0.4) is 0 Å². The molecule has 0 aliphatic carbocycles. The predicted molar refractivity (Wildman–Crippen MR) is 57.5 cm³/mol. The van der Waals surface area contributed by atoms with Gasteiger partial charge in [-0.15, -0.1) is 0 Å². The lowest BCUT2D eigenvalue weighted by Crippen LogP contribution is -2.09. The summed E-state index contributed by atoms with van der Waals surface area (Å²) in [5, 5.41) is 3.82. The van der Waals surface area contributed by atoms with E-state index in [-0.39, 0.29) is 0 Å². The molecule has 0 aromatic carbocycles. The van der Waals surface area contributed by atoms with Crippen LogP contribution in [0.1, 0.15) is 31.9 Å². The number of aromatic nitrogens is 2. The molecule has 0 N–H and O–H groups in total. The Kier molecular flexibility index (Phi) is 5.67. The van der Waals surface area contributed by atoms with E-state index in [9.17, 15) is 0 Å². The van der Waals surface area contributed by atoms with Gasteiger partial charge in [-0.25, -0.2) is 0 Å². The molecule has 1 aromatic rings. The van der Waals surface area contributed by atoms with Crippen molar-refractivity contribution in [1.82, 2.24) is 10.1 Å². The van der Waals surface area contributed by atoms with Crippen LogP contribution in [-0.2, 0) is 15.2 Å². The molecule has 1 heterocycles. The van der Waals surface area contributed by atoms with Gasteiger partial charge in [-0.3, -0.25) is 0 Å². The highest BCUT2D eigenvalue weighted by Crippen LogP contribution is 2.17. The van der Waals surface area contributed by atoms with Crippen LogP contribution in [0.2, 0.25) is 0 Å². The van der Waals surface area contributed by atoms with E-state index >= 15 is 0 Å². The van der Waals surface area contributed by atoms with Crippen LogP contribution in [0.4, 0.5) is 0 Å². The van der Waals surface area contributed by atoms with Crippen LogP contribution in [-0.4, -0.2) is 29.6 Å². The van der Waals surface area contributed by atoms with Crippen molar-refractivity contribution in [2.45, 2.75) is 25.9 Å². The van der Waals surface area contributed by atoms with Crippen molar-refractivity contribution in [3.05, 3.63) is 11.7 Å². The topological polar surface area (TPSA) is 57.4 Å². The minimum atomic E-state index is -0.539. The molecule has 0 bridgehead atoms. The number of thioether (sulfide) groups is 1.